The van der Waals surface area contributed by atoms with Crippen LogP contribution in [0.5, 0.6) is 0 Å². The van der Waals surface area contributed by atoms with E-state index in [1.807, 2.05) is 6.92 Å². The molecule has 2 atom stereocenters. The summed E-state index contributed by atoms with van der Waals surface area (Å²) in [5.41, 5.74) is 0. The Morgan fingerprint density at radius 3 is 2.69 bits per heavy atom. The highest BCUT2D eigenvalue weighted by Gasteiger charge is 2.22. The Balaban J connectivity index is 2.67. The minimum absolute atomic E-state index is 0.390. The Hall–Kier alpha value is -0.320. The Labute approximate surface area is 85.5 Å². The third-order valence-corrected chi connectivity index (χ3v) is 2.52. The topological polar surface area (TPSA) is 53.6 Å². The fourth-order valence-corrected chi connectivity index (χ4v) is 1.58. The summed E-state index contributed by atoms with van der Waals surface area (Å²) in [5, 5.41) is 19.1. The van der Waals surface area contributed by atoms with E-state index in [2.05, 4.69) is 15.9 Å². The van der Waals surface area contributed by atoms with Crippen molar-refractivity contribution in [3.05, 3.63) is 22.6 Å². The molecular weight excluding hydrogens is 236 g/mol. The molecule has 0 aliphatic carbocycles. The Morgan fingerprint density at radius 1 is 1.54 bits per heavy atom. The van der Waals surface area contributed by atoms with Gasteiger partial charge >= 0.3 is 0 Å². The average Bonchev–Trinajstić information content (AvgIpc) is 2.50. The van der Waals surface area contributed by atoms with Crippen molar-refractivity contribution in [2.24, 2.45) is 0 Å². The fraction of sp³-hybridized carbons (Fsp3) is 0.556. The summed E-state index contributed by atoms with van der Waals surface area (Å²) in [4.78, 5) is 0. The zero-order valence-electron chi connectivity index (χ0n) is 7.40. The molecule has 1 aromatic rings. The number of aliphatic hydroxyl groups excluding tert-OH is 2. The van der Waals surface area contributed by atoms with E-state index in [0.717, 1.165) is 6.42 Å². The van der Waals surface area contributed by atoms with Crippen LogP contribution in [0.1, 0.15) is 31.6 Å². The number of hydrogen-bond acceptors (Lipinski definition) is 3. The molecular formula is C9H13BrO3. The number of aliphatic hydroxyl groups is 2. The zero-order chi connectivity index (χ0) is 9.84. The van der Waals surface area contributed by atoms with Crippen molar-refractivity contribution in [2.75, 3.05) is 0 Å². The lowest BCUT2D eigenvalue weighted by atomic mass is 10.1. The lowest BCUT2D eigenvalue weighted by molar-refractivity contribution is 0.000133. The summed E-state index contributed by atoms with van der Waals surface area (Å²) in [6, 6.07) is 1.69. The van der Waals surface area contributed by atoms with E-state index in [-0.39, 0.29) is 0 Å². The lowest BCUT2D eigenvalue weighted by Crippen LogP contribution is -2.17. The second-order valence-corrected chi connectivity index (χ2v) is 3.79. The number of hydrogen-bond donors (Lipinski definition) is 2. The molecule has 3 nitrogen and oxygen atoms in total. The van der Waals surface area contributed by atoms with E-state index in [1.54, 1.807) is 6.07 Å². The van der Waals surface area contributed by atoms with Crippen LogP contribution in [0.25, 0.3) is 0 Å². The van der Waals surface area contributed by atoms with Crippen LogP contribution in [0, 0.1) is 0 Å². The smallest absolute Gasteiger partial charge is 0.149 e. The highest BCUT2D eigenvalue weighted by molar-refractivity contribution is 9.10. The molecule has 4 heteroatoms. The van der Waals surface area contributed by atoms with Crippen molar-refractivity contribution in [1.82, 2.24) is 0 Å². The van der Waals surface area contributed by atoms with Crippen molar-refractivity contribution in [2.45, 2.75) is 32.0 Å². The predicted octanol–water partition coefficient (Wildman–Crippen LogP) is 2.24. The van der Waals surface area contributed by atoms with E-state index < -0.39 is 12.2 Å². The van der Waals surface area contributed by atoms with Gasteiger partial charge in [0.15, 0.2) is 0 Å². The fourth-order valence-electron chi connectivity index (χ4n) is 1.14. The second kappa shape index (κ2) is 4.79. The van der Waals surface area contributed by atoms with Crippen LogP contribution in [0.3, 0.4) is 0 Å². The van der Waals surface area contributed by atoms with Crippen molar-refractivity contribution < 1.29 is 14.6 Å². The minimum atomic E-state index is -0.940. The summed E-state index contributed by atoms with van der Waals surface area (Å²) >= 11 is 3.22. The molecule has 0 amide bonds. The van der Waals surface area contributed by atoms with Crippen LogP contribution in [0.4, 0.5) is 0 Å². The van der Waals surface area contributed by atoms with Gasteiger partial charge in [0.05, 0.1) is 16.8 Å². The first-order valence-corrected chi connectivity index (χ1v) is 5.05. The molecule has 0 spiro atoms. The van der Waals surface area contributed by atoms with Crippen LogP contribution in [-0.4, -0.2) is 16.3 Å². The van der Waals surface area contributed by atoms with E-state index in [4.69, 9.17) is 4.42 Å². The third kappa shape index (κ3) is 2.56. The van der Waals surface area contributed by atoms with E-state index in [0.29, 0.717) is 16.7 Å². The number of halogens is 1. The molecule has 0 saturated heterocycles. The number of rotatable bonds is 4. The van der Waals surface area contributed by atoms with Gasteiger partial charge in [-0.2, -0.15) is 0 Å². The van der Waals surface area contributed by atoms with Gasteiger partial charge in [-0.05, 0) is 28.4 Å². The molecule has 1 rings (SSSR count). The first-order valence-electron chi connectivity index (χ1n) is 4.25. The molecule has 0 bridgehead atoms. The molecule has 0 saturated carbocycles. The van der Waals surface area contributed by atoms with Gasteiger partial charge in [0.25, 0.3) is 0 Å². The Morgan fingerprint density at radius 2 is 2.23 bits per heavy atom. The molecule has 13 heavy (non-hydrogen) atoms. The van der Waals surface area contributed by atoms with Gasteiger partial charge in [-0.3, -0.25) is 0 Å². The summed E-state index contributed by atoms with van der Waals surface area (Å²) in [6.45, 7) is 1.95. The summed E-state index contributed by atoms with van der Waals surface area (Å²) in [6.07, 6.45) is 1.17. The maximum Gasteiger partial charge on any atom is 0.149 e. The maximum atomic E-state index is 9.62. The second-order valence-electron chi connectivity index (χ2n) is 2.93. The van der Waals surface area contributed by atoms with E-state index in [9.17, 15) is 10.2 Å². The van der Waals surface area contributed by atoms with Gasteiger partial charge in [0, 0.05) is 0 Å². The van der Waals surface area contributed by atoms with Gasteiger partial charge in [0.1, 0.15) is 11.9 Å². The molecule has 0 aliphatic rings. The van der Waals surface area contributed by atoms with Crippen LogP contribution in [0.15, 0.2) is 21.2 Å². The lowest BCUT2D eigenvalue weighted by Gasteiger charge is -2.15. The van der Waals surface area contributed by atoms with E-state index >= 15 is 0 Å². The normalized spacial score (nSPS) is 15.7. The highest BCUT2D eigenvalue weighted by atomic mass is 79.9. The molecule has 1 heterocycles. The Bertz CT molecular complexity index is 259. The first-order chi connectivity index (χ1) is 6.16. The maximum absolute atomic E-state index is 9.62. The van der Waals surface area contributed by atoms with Gasteiger partial charge in [-0.15, -0.1) is 0 Å². The van der Waals surface area contributed by atoms with Crippen molar-refractivity contribution in [3.63, 3.8) is 0 Å². The summed E-state index contributed by atoms with van der Waals surface area (Å²) in [5.74, 6) is 0.390. The first kappa shape index (κ1) is 10.8. The van der Waals surface area contributed by atoms with Crippen LogP contribution in [-0.2, 0) is 0 Å². The third-order valence-electron chi connectivity index (χ3n) is 1.86. The summed E-state index contributed by atoms with van der Waals surface area (Å²) < 4.78 is 5.73. The molecule has 2 unspecified atom stereocenters. The Kier molecular flexibility index (Phi) is 3.96. The summed E-state index contributed by atoms with van der Waals surface area (Å²) in [7, 11) is 0. The molecule has 74 valence electrons. The quantitative estimate of drug-likeness (QED) is 0.860. The van der Waals surface area contributed by atoms with Crippen LogP contribution >= 0.6 is 15.9 Å². The molecule has 1 aromatic heterocycles. The highest BCUT2D eigenvalue weighted by Crippen LogP contribution is 2.27. The molecule has 0 aliphatic heterocycles. The number of furan rings is 1. The monoisotopic (exact) mass is 248 g/mol. The van der Waals surface area contributed by atoms with Gasteiger partial charge in [-0.1, -0.05) is 13.3 Å². The van der Waals surface area contributed by atoms with Gasteiger partial charge in [-0.25, -0.2) is 0 Å². The SMILES string of the molecule is CCCC(O)C(O)c1occc1Br. The van der Waals surface area contributed by atoms with Gasteiger partial charge < -0.3 is 14.6 Å². The largest absolute Gasteiger partial charge is 0.465 e. The van der Waals surface area contributed by atoms with Crippen LogP contribution in [0.2, 0.25) is 0 Å². The van der Waals surface area contributed by atoms with Crippen molar-refractivity contribution >= 4 is 15.9 Å². The predicted molar refractivity (Wildman–Crippen MR) is 52.3 cm³/mol. The van der Waals surface area contributed by atoms with Crippen molar-refractivity contribution in [3.8, 4) is 0 Å². The van der Waals surface area contributed by atoms with E-state index in [1.165, 1.54) is 6.26 Å². The molecule has 0 aromatic carbocycles. The van der Waals surface area contributed by atoms with Crippen molar-refractivity contribution in [1.29, 1.82) is 0 Å². The minimum Gasteiger partial charge on any atom is -0.465 e. The standard InChI is InChI=1S/C9H13BrO3/c1-2-3-7(11)8(12)9-6(10)4-5-13-9/h4-5,7-8,11-12H,2-3H2,1H3. The zero-order valence-corrected chi connectivity index (χ0v) is 8.99. The molecule has 2 N–H and O–H groups in total. The molecule has 0 radical (unpaired) electrons. The molecule has 0 fully saturated rings. The van der Waals surface area contributed by atoms with Gasteiger partial charge in [0.2, 0.25) is 0 Å². The van der Waals surface area contributed by atoms with Crippen LogP contribution < -0.4 is 0 Å². The average molecular weight is 249 g/mol.